The number of ether oxygens (including phenoxy) is 2. The van der Waals surface area contributed by atoms with Gasteiger partial charge in [0.2, 0.25) is 5.91 Å². The van der Waals surface area contributed by atoms with Crippen molar-refractivity contribution in [2.75, 3.05) is 39.5 Å². The zero-order valence-electron chi connectivity index (χ0n) is 16.3. The van der Waals surface area contributed by atoms with E-state index in [1.165, 1.54) is 0 Å². The molecule has 2 atom stereocenters. The molecule has 2 aliphatic rings. The predicted molar refractivity (Wildman–Crippen MR) is 115 cm³/mol. The van der Waals surface area contributed by atoms with Gasteiger partial charge in [-0.15, -0.1) is 24.8 Å². The smallest absolute Gasteiger partial charge is 0.223 e. The number of halogens is 2. The second-order valence-electron chi connectivity index (χ2n) is 7.25. The minimum atomic E-state index is 0. The van der Waals surface area contributed by atoms with Crippen molar-refractivity contribution < 1.29 is 14.3 Å². The monoisotopic (exact) mass is 433 g/mol. The van der Waals surface area contributed by atoms with Gasteiger partial charge >= 0.3 is 0 Å². The maximum atomic E-state index is 12.4. The van der Waals surface area contributed by atoms with Crippen molar-refractivity contribution in [1.29, 1.82) is 0 Å². The van der Waals surface area contributed by atoms with Crippen molar-refractivity contribution >= 4 is 30.7 Å². The van der Waals surface area contributed by atoms with Crippen LogP contribution in [0.4, 0.5) is 0 Å². The average molecular weight is 434 g/mol. The summed E-state index contributed by atoms with van der Waals surface area (Å²) in [7, 11) is 0. The van der Waals surface area contributed by atoms with Crippen LogP contribution in [0.3, 0.4) is 0 Å². The van der Waals surface area contributed by atoms with Crippen LogP contribution in [0.25, 0.3) is 0 Å². The molecule has 6 nitrogen and oxygen atoms in total. The van der Waals surface area contributed by atoms with Gasteiger partial charge in [-0.1, -0.05) is 24.6 Å². The molecule has 1 amide bonds. The molecule has 0 aromatic heterocycles. The summed E-state index contributed by atoms with van der Waals surface area (Å²) in [6, 6.07) is 8.09. The van der Waals surface area contributed by atoms with Crippen molar-refractivity contribution in [3.63, 3.8) is 0 Å². The van der Waals surface area contributed by atoms with Gasteiger partial charge in [-0.05, 0) is 25.3 Å². The molecule has 0 spiro atoms. The van der Waals surface area contributed by atoms with Gasteiger partial charge in [0.15, 0.2) is 0 Å². The van der Waals surface area contributed by atoms with Gasteiger partial charge in [-0.3, -0.25) is 9.69 Å². The quantitative estimate of drug-likeness (QED) is 0.689. The number of hydrogen-bond acceptors (Lipinski definition) is 5. The van der Waals surface area contributed by atoms with Crippen LogP contribution in [0, 0.1) is 5.92 Å². The first kappa shape index (κ1) is 25.0. The molecule has 3 rings (SSSR count). The van der Waals surface area contributed by atoms with Gasteiger partial charge in [0, 0.05) is 43.7 Å². The van der Waals surface area contributed by atoms with Gasteiger partial charge in [-0.2, -0.15) is 0 Å². The standard InChI is InChI=1S/C20H31N3O3.2ClH/c21-18-6-3-5-16(14-18)20(24)22-15-17-4-1-2-7-19(17)26-13-10-23-8-11-25-12-9-23;;/h1-2,4,7,16,18H,3,5-6,8-15,21H2,(H,22,24);2*1H. The molecule has 1 aromatic carbocycles. The highest BCUT2D eigenvalue weighted by Crippen LogP contribution is 2.24. The zero-order valence-corrected chi connectivity index (χ0v) is 17.9. The molecule has 2 fully saturated rings. The number of nitrogens with zero attached hydrogens (tertiary/aromatic N) is 1. The van der Waals surface area contributed by atoms with Crippen LogP contribution in [0.15, 0.2) is 24.3 Å². The van der Waals surface area contributed by atoms with Crippen LogP contribution in [0.5, 0.6) is 5.75 Å². The maximum absolute atomic E-state index is 12.4. The van der Waals surface area contributed by atoms with Crippen LogP contribution in [-0.2, 0) is 16.1 Å². The average Bonchev–Trinajstić information content (AvgIpc) is 2.68. The molecule has 3 N–H and O–H groups in total. The van der Waals surface area contributed by atoms with Crippen molar-refractivity contribution in [3.8, 4) is 5.75 Å². The molecule has 1 saturated heterocycles. The van der Waals surface area contributed by atoms with E-state index < -0.39 is 0 Å². The lowest BCUT2D eigenvalue weighted by molar-refractivity contribution is -0.126. The maximum Gasteiger partial charge on any atom is 0.223 e. The van der Waals surface area contributed by atoms with E-state index in [1.807, 2.05) is 24.3 Å². The Morgan fingerprint density at radius 1 is 1.21 bits per heavy atom. The molecular weight excluding hydrogens is 401 g/mol. The molecule has 160 valence electrons. The zero-order chi connectivity index (χ0) is 18.2. The summed E-state index contributed by atoms with van der Waals surface area (Å²) in [5.41, 5.74) is 7.02. The fourth-order valence-corrected chi connectivity index (χ4v) is 3.69. The summed E-state index contributed by atoms with van der Waals surface area (Å²) in [5, 5.41) is 3.07. The normalized spacial score (nSPS) is 22.5. The van der Waals surface area contributed by atoms with E-state index in [0.29, 0.717) is 13.2 Å². The number of hydrogen-bond donors (Lipinski definition) is 2. The second kappa shape index (κ2) is 13.2. The SMILES string of the molecule is Cl.Cl.NC1CCCC(C(=O)NCc2ccccc2OCCN2CCOCC2)C1. The van der Waals surface area contributed by atoms with Crippen LogP contribution >= 0.6 is 24.8 Å². The molecule has 1 aromatic rings. The Labute approximate surface area is 180 Å². The van der Waals surface area contributed by atoms with E-state index in [-0.39, 0.29) is 42.7 Å². The van der Waals surface area contributed by atoms with Gasteiger partial charge in [-0.25, -0.2) is 0 Å². The molecule has 1 heterocycles. The highest BCUT2D eigenvalue weighted by Gasteiger charge is 2.25. The Balaban J connectivity index is 0.00000196. The molecular formula is C20H33Cl2N3O3. The van der Waals surface area contributed by atoms with Gasteiger partial charge < -0.3 is 20.5 Å². The van der Waals surface area contributed by atoms with Crippen molar-refractivity contribution in [2.45, 2.75) is 38.3 Å². The second-order valence-corrected chi connectivity index (χ2v) is 7.25. The van der Waals surface area contributed by atoms with E-state index in [9.17, 15) is 4.79 Å². The van der Waals surface area contributed by atoms with E-state index in [4.69, 9.17) is 15.2 Å². The minimum Gasteiger partial charge on any atom is -0.492 e. The van der Waals surface area contributed by atoms with Gasteiger partial charge in [0.25, 0.3) is 0 Å². The minimum absolute atomic E-state index is 0. The number of para-hydroxylation sites is 1. The molecule has 2 unspecified atom stereocenters. The Morgan fingerprint density at radius 2 is 1.96 bits per heavy atom. The lowest BCUT2D eigenvalue weighted by atomic mass is 9.85. The molecule has 1 aliphatic carbocycles. The third-order valence-electron chi connectivity index (χ3n) is 5.28. The van der Waals surface area contributed by atoms with Crippen LogP contribution in [0.2, 0.25) is 0 Å². The highest BCUT2D eigenvalue weighted by molar-refractivity contribution is 5.85. The van der Waals surface area contributed by atoms with Crippen molar-refractivity contribution in [3.05, 3.63) is 29.8 Å². The largest absolute Gasteiger partial charge is 0.492 e. The summed E-state index contributed by atoms with van der Waals surface area (Å²) in [4.78, 5) is 14.8. The molecule has 8 heteroatoms. The first-order valence-electron chi connectivity index (χ1n) is 9.76. The number of carbonyl (C=O) groups excluding carboxylic acids is 1. The van der Waals surface area contributed by atoms with E-state index in [0.717, 1.165) is 69.8 Å². The number of benzene rings is 1. The number of amides is 1. The highest BCUT2D eigenvalue weighted by atomic mass is 35.5. The summed E-state index contributed by atoms with van der Waals surface area (Å²) in [6.45, 7) is 5.56. The van der Waals surface area contributed by atoms with E-state index >= 15 is 0 Å². The number of nitrogens with two attached hydrogens (primary N) is 1. The third kappa shape index (κ3) is 7.76. The lowest BCUT2D eigenvalue weighted by Gasteiger charge is -2.26. The number of carbonyl (C=O) groups is 1. The van der Waals surface area contributed by atoms with Crippen molar-refractivity contribution in [1.82, 2.24) is 10.2 Å². The number of nitrogens with one attached hydrogen (secondary N) is 1. The number of rotatable bonds is 7. The predicted octanol–water partition coefficient (Wildman–Crippen LogP) is 2.37. The van der Waals surface area contributed by atoms with Gasteiger partial charge in [0.05, 0.1) is 13.2 Å². The molecule has 1 aliphatic heterocycles. The van der Waals surface area contributed by atoms with Crippen LogP contribution in [-0.4, -0.2) is 56.3 Å². The molecule has 0 bridgehead atoms. The first-order chi connectivity index (χ1) is 12.7. The Morgan fingerprint density at radius 3 is 2.71 bits per heavy atom. The molecule has 28 heavy (non-hydrogen) atoms. The Bertz CT molecular complexity index is 586. The summed E-state index contributed by atoms with van der Waals surface area (Å²) >= 11 is 0. The van der Waals surface area contributed by atoms with Crippen LogP contribution in [0.1, 0.15) is 31.2 Å². The van der Waals surface area contributed by atoms with E-state index in [1.54, 1.807) is 0 Å². The van der Waals surface area contributed by atoms with E-state index in [2.05, 4.69) is 10.2 Å². The fourth-order valence-electron chi connectivity index (χ4n) is 3.69. The summed E-state index contributed by atoms with van der Waals surface area (Å²) < 4.78 is 11.3. The Kier molecular flexibility index (Phi) is 11.8. The lowest BCUT2D eigenvalue weighted by Crippen LogP contribution is -2.38. The van der Waals surface area contributed by atoms with Crippen LogP contribution < -0.4 is 15.8 Å². The van der Waals surface area contributed by atoms with Gasteiger partial charge in [0.1, 0.15) is 12.4 Å². The third-order valence-corrected chi connectivity index (χ3v) is 5.28. The van der Waals surface area contributed by atoms with Crippen molar-refractivity contribution in [2.24, 2.45) is 11.7 Å². The fraction of sp³-hybridized carbons (Fsp3) is 0.650. The Hall–Kier alpha value is -1.05. The number of morpholine rings is 1. The molecule has 1 saturated carbocycles. The summed E-state index contributed by atoms with van der Waals surface area (Å²) in [5.74, 6) is 1.01. The summed E-state index contributed by atoms with van der Waals surface area (Å²) in [6.07, 6.45) is 3.81. The first-order valence-corrected chi connectivity index (χ1v) is 9.76. The topological polar surface area (TPSA) is 76.8 Å². The molecule has 0 radical (unpaired) electrons.